The van der Waals surface area contributed by atoms with E-state index in [1.807, 2.05) is 18.9 Å². The number of nitrogen functional groups attached to an aromatic ring is 1. The minimum Gasteiger partial charge on any atom is -0.399 e. The molecule has 5 nitrogen and oxygen atoms in total. The van der Waals surface area contributed by atoms with Gasteiger partial charge in [-0.25, -0.2) is 0 Å². The molecular formula is C13H18N4O. The normalized spacial score (nSPS) is 11.4. The Morgan fingerprint density at radius 1 is 1.61 bits per heavy atom. The van der Waals surface area contributed by atoms with Crippen molar-refractivity contribution in [3.05, 3.63) is 23.8 Å². The van der Waals surface area contributed by atoms with Crippen molar-refractivity contribution in [2.45, 2.75) is 19.4 Å². The van der Waals surface area contributed by atoms with Gasteiger partial charge in [-0.1, -0.05) is 0 Å². The quantitative estimate of drug-likeness (QED) is 0.786. The summed E-state index contributed by atoms with van der Waals surface area (Å²) in [4.78, 5) is 13.7. The monoisotopic (exact) mass is 246 g/mol. The summed E-state index contributed by atoms with van der Waals surface area (Å²) in [6, 6.07) is 7.27. The first kappa shape index (κ1) is 13.8. The predicted molar refractivity (Wildman–Crippen MR) is 72.3 cm³/mol. The van der Waals surface area contributed by atoms with Gasteiger partial charge in [0.15, 0.2) is 0 Å². The average Bonchev–Trinajstić information content (AvgIpc) is 2.37. The molecule has 0 saturated heterocycles. The van der Waals surface area contributed by atoms with Crippen molar-refractivity contribution in [1.29, 1.82) is 5.26 Å². The minimum absolute atomic E-state index is 0.0141. The molecule has 18 heavy (non-hydrogen) atoms. The molecule has 0 saturated carbocycles. The maximum Gasteiger partial charge on any atom is 0.253 e. The molecule has 1 aromatic rings. The lowest BCUT2D eigenvalue weighted by Gasteiger charge is -2.27. The van der Waals surface area contributed by atoms with Gasteiger partial charge >= 0.3 is 0 Å². The fraction of sp³-hybridized carbons (Fsp3) is 0.385. The molecule has 1 rings (SSSR count). The number of anilines is 2. The van der Waals surface area contributed by atoms with Gasteiger partial charge in [-0.05, 0) is 25.1 Å². The van der Waals surface area contributed by atoms with Crippen LogP contribution in [-0.4, -0.2) is 26.0 Å². The third-order valence-electron chi connectivity index (χ3n) is 2.92. The van der Waals surface area contributed by atoms with Crippen LogP contribution in [0.4, 0.5) is 11.4 Å². The largest absolute Gasteiger partial charge is 0.399 e. The lowest BCUT2D eigenvalue weighted by atomic mass is 10.1. The van der Waals surface area contributed by atoms with E-state index in [9.17, 15) is 4.79 Å². The van der Waals surface area contributed by atoms with Crippen molar-refractivity contribution in [2.24, 2.45) is 0 Å². The number of carbonyl (C=O) groups is 1. The van der Waals surface area contributed by atoms with E-state index in [2.05, 4.69) is 11.4 Å². The summed E-state index contributed by atoms with van der Waals surface area (Å²) in [5, 5.41) is 11.3. The van der Waals surface area contributed by atoms with Gasteiger partial charge in [0, 0.05) is 25.8 Å². The highest BCUT2D eigenvalue weighted by Gasteiger charge is 2.17. The zero-order valence-corrected chi connectivity index (χ0v) is 10.9. The zero-order valence-electron chi connectivity index (χ0n) is 10.9. The molecule has 1 atom stereocenters. The predicted octanol–water partition coefficient (Wildman–Crippen LogP) is 1.37. The number of carbonyl (C=O) groups excluding carboxylic acids is 1. The summed E-state index contributed by atoms with van der Waals surface area (Å²) in [6.07, 6.45) is 0.387. The van der Waals surface area contributed by atoms with Crippen LogP contribution in [0.5, 0.6) is 0 Å². The van der Waals surface area contributed by atoms with E-state index in [0.717, 1.165) is 5.69 Å². The van der Waals surface area contributed by atoms with Gasteiger partial charge in [-0.2, -0.15) is 5.26 Å². The summed E-state index contributed by atoms with van der Waals surface area (Å²) in [6.45, 7) is 1.93. The van der Waals surface area contributed by atoms with E-state index >= 15 is 0 Å². The average molecular weight is 246 g/mol. The van der Waals surface area contributed by atoms with E-state index < -0.39 is 0 Å². The molecule has 0 spiro atoms. The van der Waals surface area contributed by atoms with Crippen LogP contribution in [0, 0.1) is 11.3 Å². The fourth-order valence-corrected chi connectivity index (χ4v) is 1.67. The fourth-order valence-electron chi connectivity index (χ4n) is 1.67. The Labute approximate surface area is 107 Å². The molecule has 1 unspecified atom stereocenters. The van der Waals surface area contributed by atoms with Crippen LogP contribution in [0.25, 0.3) is 0 Å². The van der Waals surface area contributed by atoms with Crippen molar-refractivity contribution in [3.63, 3.8) is 0 Å². The summed E-state index contributed by atoms with van der Waals surface area (Å²) in [7, 11) is 3.43. The third-order valence-corrected chi connectivity index (χ3v) is 2.92. The van der Waals surface area contributed by atoms with Gasteiger partial charge in [-0.3, -0.25) is 4.79 Å². The number of nitrogens with two attached hydrogens (primary N) is 1. The van der Waals surface area contributed by atoms with Crippen LogP contribution < -0.4 is 16.0 Å². The van der Waals surface area contributed by atoms with E-state index in [1.165, 1.54) is 0 Å². The standard InChI is InChI=1S/C13H18N4O/c1-9(6-7-14)17(3)12-8-10(15)4-5-11(12)13(18)16-2/h4-5,8-9H,6,15H2,1-3H3,(H,16,18). The summed E-state index contributed by atoms with van der Waals surface area (Å²) in [5.74, 6) is -0.166. The van der Waals surface area contributed by atoms with Crippen molar-refractivity contribution in [3.8, 4) is 6.07 Å². The zero-order chi connectivity index (χ0) is 13.7. The first-order valence-corrected chi connectivity index (χ1v) is 5.72. The molecule has 0 bridgehead atoms. The van der Waals surface area contributed by atoms with Gasteiger partial charge in [0.1, 0.15) is 0 Å². The third kappa shape index (κ3) is 2.92. The molecule has 1 aromatic carbocycles. The molecule has 0 heterocycles. The Bertz CT molecular complexity index is 478. The number of benzene rings is 1. The topological polar surface area (TPSA) is 82.2 Å². The van der Waals surface area contributed by atoms with Crippen LogP contribution >= 0.6 is 0 Å². The molecule has 96 valence electrons. The molecule has 5 heteroatoms. The highest BCUT2D eigenvalue weighted by Crippen LogP contribution is 2.25. The molecule has 0 aromatic heterocycles. The van der Waals surface area contributed by atoms with Gasteiger partial charge in [0.2, 0.25) is 0 Å². The van der Waals surface area contributed by atoms with Crippen molar-refractivity contribution in [1.82, 2.24) is 5.32 Å². The molecule has 0 aliphatic heterocycles. The number of nitrogens with zero attached hydrogens (tertiary/aromatic N) is 2. The molecule has 0 fully saturated rings. The smallest absolute Gasteiger partial charge is 0.253 e. The van der Waals surface area contributed by atoms with Crippen molar-refractivity contribution >= 4 is 17.3 Å². The Morgan fingerprint density at radius 3 is 2.83 bits per heavy atom. The van der Waals surface area contributed by atoms with Gasteiger partial charge < -0.3 is 16.0 Å². The molecule has 3 N–H and O–H groups in total. The second-order valence-electron chi connectivity index (χ2n) is 4.18. The summed E-state index contributed by atoms with van der Waals surface area (Å²) in [5.41, 5.74) is 7.64. The maximum absolute atomic E-state index is 11.8. The number of hydrogen-bond donors (Lipinski definition) is 2. The lowest BCUT2D eigenvalue weighted by molar-refractivity contribution is 0.0963. The first-order valence-electron chi connectivity index (χ1n) is 5.72. The van der Waals surface area contributed by atoms with Gasteiger partial charge in [0.25, 0.3) is 5.91 Å². The van der Waals surface area contributed by atoms with E-state index in [1.54, 1.807) is 25.2 Å². The Balaban J connectivity index is 3.17. The minimum atomic E-state index is -0.166. The van der Waals surface area contributed by atoms with Crippen LogP contribution in [0.3, 0.4) is 0 Å². The van der Waals surface area contributed by atoms with Crippen LogP contribution in [0.1, 0.15) is 23.7 Å². The Kier molecular flexibility index (Phi) is 4.55. The highest BCUT2D eigenvalue weighted by atomic mass is 16.1. The van der Waals surface area contributed by atoms with Gasteiger partial charge in [-0.15, -0.1) is 0 Å². The second kappa shape index (κ2) is 5.92. The summed E-state index contributed by atoms with van der Waals surface area (Å²) < 4.78 is 0. The lowest BCUT2D eigenvalue weighted by Crippen LogP contribution is -2.31. The van der Waals surface area contributed by atoms with Gasteiger partial charge in [0.05, 0.1) is 23.7 Å². The van der Waals surface area contributed by atoms with Crippen LogP contribution in [0.15, 0.2) is 18.2 Å². The van der Waals surface area contributed by atoms with Crippen molar-refractivity contribution < 1.29 is 4.79 Å². The Morgan fingerprint density at radius 2 is 2.28 bits per heavy atom. The van der Waals surface area contributed by atoms with Crippen LogP contribution in [0.2, 0.25) is 0 Å². The number of hydrogen-bond acceptors (Lipinski definition) is 4. The maximum atomic E-state index is 11.8. The molecule has 1 amide bonds. The summed E-state index contributed by atoms with van der Waals surface area (Å²) >= 11 is 0. The van der Waals surface area contributed by atoms with E-state index in [-0.39, 0.29) is 11.9 Å². The molecule has 0 radical (unpaired) electrons. The number of rotatable bonds is 4. The number of nitriles is 1. The molecule has 0 aliphatic rings. The highest BCUT2D eigenvalue weighted by molar-refractivity contribution is 6.00. The SMILES string of the molecule is CNC(=O)c1ccc(N)cc1N(C)C(C)CC#N. The second-order valence-corrected chi connectivity index (χ2v) is 4.18. The number of nitrogens with one attached hydrogen (secondary N) is 1. The number of amides is 1. The first-order chi connectivity index (χ1) is 8.51. The van der Waals surface area contributed by atoms with Crippen LogP contribution in [-0.2, 0) is 0 Å². The van der Waals surface area contributed by atoms with E-state index in [4.69, 9.17) is 11.0 Å². The van der Waals surface area contributed by atoms with Crippen molar-refractivity contribution in [2.75, 3.05) is 24.7 Å². The van der Waals surface area contributed by atoms with E-state index in [0.29, 0.717) is 17.7 Å². The molecule has 0 aliphatic carbocycles. The molecular weight excluding hydrogens is 228 g/mol. The Hall–Kier alpha value is -2.22.